The smallest absolute Gasteiger partial charge is 0.166 e. The van der Waals surface area contributed by atoms with E-state index in [1.807, 2.05) is 0 Å². The monoisotopic (exact) mass is 322 g/mol. The van der Waals surface area contributed by atoms with Crippen LogP contribution in [0.1, 0.15) is 24.1 Å². The van der Waals surface area contributed by atoms with E-state index >= 15 is 0 Å². The third-order valence-electron chi connectivity index (χ3n) is 3.11. The summed E-state index contributed by atoms with van der Waals surface area (Å²) < 4.78 is 27.9. The number of hydrogen-bond donors (Lipinski definition) is 2. The molecule has 0 spiro atoms. The van der Waals surface area contributed by atoms with Crippen LogP contribution in [0.5, 0.6) is 0 Å². The van der Waals surface area contributed by atoms with Crippen molar-refractivity contribution in [2.45, 2.75) is 19.0 Å². The van der Waals surface area contributed by atoms with E-state index in [0.717, 1.165) is 6.07 Å². The van der Waals surface area contributed by atoms with E-state index in [4.69, 9.17) is 22.6 Å². The Morgan fingerprint density at radius 2 is 2.00 bits per heavy atom. The highest BCUT2D eigenvalue weighted by Gasteiger charge is 2.22. The molecule has 0 fully saturated rings. The quantitative estimate of drug-likeness (QED) is 0.846. The predicted molar refractivity (Wildman–Crippen MR) is 80.3 cm³/mol. The second-order valence-electron chi connectivity index (χ2n) is 4.77. The van der Waals surface area contributed by atoms with Gasteiger partial charge in [-0.25, -0.2) is 13.8 Å². The van der Waals surface area contributed by atoms with Crippen LogP contribution in [0, 0.1) is 23.0 Å². The van der Waals surface area contributed by atoms with Crippen molar-refractivity contribution >= 4 is 17.4 Å². The summed E-state index contributed by atoms with van der Waals surface area (Å²) in [5.41, 5.74) is 6.08. The van der Waals surface area contributed by atoms with Crippen LogP contribution < -0.4 is 11.1 Å². The number of anilines is 1. The molecule has 0 radical (unpaired) electrons. The first-order valence-corrected chi connectivity index (χ1v) is 6.84. The second kappa shape index (κ2) is 6.69. The topological polar surface area (TPSA) is 74.7 Å². The first kappa shape index (κ1) is 16.1. The average Bonchev–Trinajstić information content (AvgIpc) is 2.48. The van der Waals surface area contributed by atoms with Crippen LogP contribution >= 0.6 is 11.6 Å². The third-order valence-corrected chi connectivity index (χ3v) is 3.40. The Bertz CT molecular complexity index is 728. The third kappa shape index (κ3) is 3.32. The SMILES string of the molecule is C[C@H](N)[C@H](Nc1nc(Cl)c(C#N)cc1F)c1ccccc1F. The summed E-state index contributed by atoms with van der Waals surface area (Å²) in [5.74, 6) is -1.41. The van der Waals surface area contributed by atoms with Crippen molar-refractivity contribution in [3.8, 4) is 6.07 Å². The molecule has 0 bridgehead atoms. The number of pyridine rings is 1. The van der Waals surface area contributed by atoms with Gasteiger partial charge in [-0.2, -0.15) is 5.26 Å². The lowest BCUT2D eigenvalue weighted by Crippen LogP contribution is -2.31. The van der Waals surface area contributed by atoms with Gasteiger partial charge >= 0.3 is 0 Å². The van der Waals surface area contributed by atoms with E-state index in [0.29, 0.717) is 5.56 Å². The predicted octanol–water partition coefficient (Wildman–Crippen LogP) is 3.39. The van der Waals surface area contributed by atoms with Crippen molar-refractivity contribution in [3.05, 3.63) is 58.2 Å². The fraction of sp³-hybridized carbons (Fsp3) is 0.200. The highest BCUT2D eigenvalue weighted by atomic mass is 35.5. The van der Waals surface area contributed by atoms with E-state index in [1.165, 1.54) is 6.07 Å². The van der Waals surface area contributed by atoms with E-state index in [2.05, 4.69) is 10.3 Å². The molecule has 3 N–H and O–H groups in total. The minimum Gasteiger partial charge on any atom is -0.359 e. The van der Waals surface area contributed by atoms with Crippen molar-refractivity contribution in [3.63, 3.8) is 0 Å². The van der Waals surface area contributed by atoms with Crippen molar-refractivity contribution in [1.82, 2.24) is 4.98 Å². The minimum absolute atomic E-state index is 0.0760. The van der Waals surface area contributed by atoms with Crippen LogP contribution in [-0.2, 0) is 0 Å². The van der Waals surface area contributed by atoms with Crippen LogP contribution in [0.2, 0.25) is 5.15 Å². The molecular weight excluding hydrogens is 310 g/mol. The number of nitriles is 1. The summed E-state index contributed by atoms with van der Waals surface area (Å²) in [6.07, 6.45) is 0. The summed E-state index contributed by atoms with van der Waals surface area (Å²) in [5, 5.41) is 11.4. The number of nitrogens with two attached hydrogens (primary N) is 1. The fourth-order valence-electron chi connectivity index (χ4n) is 2.01. The molecule has 0 saturated heterocycles. The van der Waals surface area contributed by atoms with Crippen LogP contribution in [0.25, 0.3) is 0 Å². The molecule has 2 rings (SSSR count). The number of aromatic nitrogens is 1. The lowest BCUT2D eigenvalue weighted by atomic mass is 10.0. The van der Waals surface area contributed by atoms with E-state index in [-0.39, 0.29) is 16.5 Å². The van der Waals surface area contributed by atoms with Crippen molar-refractivity contribution in [2.75, 3.05) is 5.32 Å². The van der Waals surface area contributed by atoms with E-state index in [9.17, 15) is 8.78 Å². The molecule has 0 aliphatic carbocycles. The zero-order chi connectivity index (χ0) is 16.3. The number of nitrogens with zero attached hydrogens (tertiary/aromatic N) is 2. The van der Waals surface area contributed by atoms with Crippen LogP contribution in [-0.4, -0.2) is 11.0 Å². The minimum atomic E-state index is -0.761. The fourth-order valence-corrected chi connectivity index (χ4v) is 2.19. The highest BCUT2D eigenvalue weighted by molar-refractivity contribution is 6.30. The van der Waals surface area contributed by atoms with E-state index in [1.54, 1.807) is 31.2 Å². The van der Waals surface area contributed by atoms with Gasteiger partial charge in [-0.3, -0.25) is 0 Å². The van der Waals surface area contributed by atoms with Gasteiger partial charge in [-0.15, -0.1) is 0 Å². The first-order valence-electron chi connectivity index (χ1n) is 6.46. The van der Waals surface area contributed by atoms with Crippen molar-refractivity contribution in [2.24, 2.45) is 5.73 Å². The number of nitrogens with one attached hydrogen (secondary N) is 1. The van der Waals surface area contributed by atoms with Gasteiger partial charge in [-0.05, 0) is 19.1 Å². The van der Waals surface area contributed by atoms with Gasteiger partial charge in [-0.1, -0.05) is 29.8 Å². The Balaban J connectivity index is 2.40. The molecule has 7 heteroatoms. The first-order chi connectivity index (χ1) is 10.4. The average molecular weight is 323 g/mol. The number of hydrogen-bond acceptors (Lipinski definition) is 4. The molecular formula is C15H13ClF2N4. The van der Waals surface area contributed by atoms with Gasteiger partial charge in [0, 0.05) is 11.6 Å². The van der Waals surface area contributed by atoms with Crippen molar-refractivity contribution < 1.29 is 8.78 Å². The number of halogens is 3. The van der Waals surface area contributed by atoms with Gasteiger partial charge < -0.3 is 11.1 Å². The summed E-state index contributed by atoms with van der Waals surface area (Å²) in [6.45, 7) is 1.66. The number of rotatable bonds is 4. The molecule has 0 amide bonds. The van der Waals surface area contributed by atoms with Crippen molar-refractivity contribution in [1.29, 1.82) is 5.26 Å². The highest BCUT2D eigenvalue weighted by Crippen LogP contribution is 2.27. The Morgan fingerprint density at radius 1 is 1.32 bits per heavy atom. The Hall–Kier alpha value is -2.23. The Labute approximate surface area is 131 Å². The molecule has 22 heavy (non-hydrogen) atoms. The molecule has 0 saturated carbocycles. The molecule has 114 valence electrons. The zero-order valence-corrected chi connectivity index (χ0v) is 12.4. The van der Waals surface area contributed by atoms with Gasteiger partial charge in [0.2, 0.25) is 0 Å². The lowest BCUT2D eigenvalue weighted by molar-refractivity contribution is 0.549. The molecule has 1 heterocycles. The maximum Gasteiger partial charge on any atom is 0.166 e. The summed E-state index contributed by atoms with van der Waals surface area (Å²) in [7, 11) is 0. The standard InChI is InChI=1S/C15H13ClF2N4/c1-8(20)13(10-4-2-3-5-11(10)17)21-15-12(18)6-9(7-19)14(16)22-15/h2-6,8,13H,20H2,1H3,(H,21,22)/t8-,13-/m0/s1. The molecule has 1 aromatic carbocycles. The Morgan fingerprint density at radius 3 is 2.59 bits per heavy atom. The normalized spacial score (nSPS) is 13.3. The largest absolute Gasteiger partial charge is 0.359 e. The maximum atomic E-state index is 14.0. The van der Waals surface area contributed by atoms with Gasteiger partial charge in [0.25, 0.3) is 0 Å². The summed E-state index contributed by atoms with van der Waals surface area (Å²) in [4.78, 5) is 3.80. The van der Waals surface area contributed by atoms with Gasteiger partial charge in [0.1, 0.15) is 17.0 Å². The molecule has 4 nitrogen and oxygen atoms in total. The van der Waals surface area contributed by atoms with Crippen LogP contribution in [0.3, 0.4) is 0 Å². The summed E-state index contributed by atoms with van der Waals surface area (Å²) in [6, 6.07) is 7.54. The molecule has 1 aromatic heterocycles. The van der Waals surface area contributed by atoms with Crippen LogP contribution in [0.4, 0.5) is 14.6 Å². The second-order valence-corrected chi connectivity index (χ2v) is 5.13. The molecule has 0 aliphatic rings. The molecule has 0 unspecified atom stereocenters. The summed E-state index contributed by atoms with van der Waals surface area (Å²) >= 11 is 5.80. The molecule has 2 aromatic rings. The van der Waals surface area contributed by atoms with Crippen LogP contribution in [0.15, 0.2) is 30.3 Å². The van der Waals surface area contributed by atoms with Gasteiger partial charge in [0.05, 0.1) is 11.6 Å². The maximum absolute atomic E-state index is 14.0. The van der Waals surface area contributed by atoms with Gasteiger partial charge in [0.15, 0.2) is 11.6 Å². The van der Waals surface area contributed by atoms with E-state index < -0.39 is 23.7 Å². The zero-order valence-electron chi connectivity index (χ0n) is 11.6. The molecule has 2 atom stereocenters. The Kier molecular flexibility index (Phi) is 4.91. The number of benzene rings is 1. The molecule has 0 aliphatic heterocycles. The lowest BCUT2D eigenvalue weighted by Gasteiger charge is -2.24.